The fourth-order valence-corrected chi connectivity index (χ4v) is 4.96. The van der Waals surface area contributed by atoms with Gasteiger partial charge in [0.15, 0.2) is 0 Å². The molecule has 1 atom stereocenters. The molecule has 0 aliphatic carbocycles. The van der Waals surface area contributed by atoms with E-state index in [9.17, 15) is 5.11 Å². The van der Waals surface area contributed by atoms with Crippen LogP contribution in [0.3, 0.4) is 0 Å². The third-order valence-corrected chi connectivity index (χ3v) is 7.33. The maximum atomic E-state index is 9.69. The Morgan fingerprint density at radius 2 is 1.91 bits per heavy atom. The molecule has 1 fully saturated rings. The highest BCUT2D eigenvalue weighted by molar-refractivity contribution is 8.00. The predicted molar refractivity (Wildman–Crippen MR) is 148 cm³/mol. The Bertz CT molecular complexity index is 840. The molecule has 2 aromatic carbocycles. The second kappa shape index (κ2) is 16.0. The van der Waals surface area contributed by atoms with Crippen molar-refractivity contribution >= 4 is 41.1 Å². The summed E-state index contributed by atoms with van der Waals surface area (Å²) in [6, 6.07) is 14.7. The van der Waals surface area contributed by atoms with Crippen LogP contribution in [-0.4, -0.2) is 50.1 Å². The molecule has 1 saturated heterocycles. The monoisotopic (exact) mass is 505 g/mol. The first kappa shape index (κ1) is 28.5. The fourth-order valence-electron chi connectivity index (χ4n) is 3.69. The highest BCUT2D eigenvalue weighted by Crippen LogP contribution is 2.32. The summed E-state index contributed by atoms with van der Waals surface area (Å²) >= 11 is 7.69. The van der Waals surface area contributed by atoms with Gasteiger partial charge in [-0.1, -0.05) is 32.9 Å². The van der Waals surface area contributed by atoms with Crippen LogP contribution in [-0.2, 0) is 11.2 Å². The van der Waals surface area contributed by atoms with Gasteiger partial charge in [-0.25, -0.2) is 0 Å². The number of rotatable bonds is 12. The van der Waals surface area contributed by atoms with Crippen LogP contribution < -0.4 is 9.62 Å². The number of nitrogens with zero attached hydrogens (tertiary/aromatic N) is 1. The number of hydrogen-bond acceptors (Lipinski definition) is 6. The van der Waals surface area contributed by atoms with Crippen LogP contribution in [0.4, 0.5) is 11.4 Å². The summed E-state index contributed by atoms with van der Waals surface area (Å²) in [5.74, 6) is 1.00. The van der Waals surface area contributed by atoms with E-state index in [1.165, 1.54) is 11.8 Å². The number of alkyl halides is 1. The zero-order chi connectivity index (χ0) is 24.8. The minimum Gasteiger partial charge on any atom is -0.396 e. The normalized spacial score (nSPS) is 14.6. The molecular weight excluding hydrogens is 466 g/mol. The molecule has 7 heteroatoms. The molecule has 188 valence electrons. The molecular formula is C27H40ClN3O2S. The summed E-state index contributed by atoms with van der Waals surface area (Å²) in [4.78, 5) is 1.05. The maximum Gasteiger partial charge on any atom is 0.0488 e. The lowest BCUT2D eigenvalue weighted by Crippen LogP contribution is -2.26. The van der Waals surface area contributed by atoms with E-state index in [0.29, 0.717) is 18.3 Å². The van der Waals surface area contributed by atoms with Crippen molar-refractivity contribution < 1.29 is 9.84 Å². The van der Waals surface area contributed by atoms with Gasteiger partial charge in [0.2, 0.25) is 0 Å². The average Bonchev–Trinajstić information content (AvgIpc) is 2.91. The average molecular weight is 506 g/mol. The van der Waals surface area contributed by atoms with Crippen molar-refractivity contribution in [3.05, 3.63) is 53.6 Å². The molecule has 0 aromatic heterocycles. The Hall–Kier alpha value is -1.73. The summed E-state index contributed by atoms with van der Waals surface area (Å²) < 4.78 is 7.63. The highest BCUT2D eigenvalue weighted by atomic mass is 35.5. The lowest BCUT2D eigenvalue weighted by atomic mass is 10.0. The van der Waals surface area contributed by atoms with Gasteiger partial charge in [0.05, 0.1) is 0 Å². The van der Waals surface area contributed by atoms with Crippen molar-refractivity contribution in [2.75, 3.05) is 48.4 Å². The summed E-state index contributed by atoms with van der Waals surface area (Å²) in [5.41, 5.74) is 4.23. The van der Waals surface area contributed by atoms with E-state index in [-0.39, 0.29) is 12.5 Å². The van der Waals surface area contributed by atoms with Gasteiger partial charge in [0.1, 0.15) is 0 Å². The molecule has 0 radical (unpaired) electrons. The minimum absolute atomic E-state index is 0.0161. The molecule has 1 unspecified atom stereocenters. The first-order chi connectivity index (χ1) is 16.7. The minimum atomic E-state index is -0.0161. The zero-order valence-corrected chi connectivity index (χ0v) is 22.3. The number of hydrogen-bond donors (Lipinski definition) is 3. The van der Waals surface area contributed by atoms with Gasteiger partial charge in [-0.05, 0) is 73.0 Å². The largest absolute Gasteiger partial charge is 0.396 e. The molecule has 0 spiro atoms. The van der Waals surface area contributed by atoms with Gasteiger partial charge in [0, 0.05) is 72.8 Å². The Labute approximate surface area is 214 Å². The molecule has 1 aliphatic heterocycles. The number of nitrogens with one attached hydrogen (secondary N) is 2. The quantitative estimate of drug-likeness (QED) is 0.175. The Balaban J connectivity index is 0.00000199. The van der Waals surface area contributed by atoms with Gasteiger partial charge in [-0.3, -0.25) is 0 Å². The lowest BCUT2D eigenvalue weighted by Gasteiger charge is -2.27. The number of benzene rings is 2. The van der Waals surface area contributed by atoms with Crippen LogP contribution in [0.2, 0.25) is 0 Å². The Kier molecular flexibility index (Phi) is 13.4. The first-order valence-corrected chi connectivity index (χ1v) is 13.6. The molecule has 1 heterocycles. The van der Waals surface area contributed by atoms with Crippen molar-refractivity contribution in [2.24, 2.45) is 11.8 Å². The molecule has 0 saturated carbocycles. The topological polar surface area (TPSA) is 68.6 Å². The summed E-state index contributed by atoms with van der Waals surface area (Å²) in [7, 11) is 0. The summed E-state index contributed by atoms with van der Waals surface area (Å²) in [5, 5.41) is 21.1. The lowest BCUT2D eigenvalue weighted by molar-refractivity contribution is 0.0699. The van der Waals surface area contributed by atoms with Crippen LogP contribution in [0.5, 0.6) is 0 Å². The van der Waals surface area contributed by atoms with Crippen molar-refractivity contribution in [3.63, 3.8) is 0 Å². The molecule has 1 aliphatic rings. The van der Waals surface area contributed by atoms with Crippen molar-refractivity contribution in [1.82, 2.24) is 0 Å². The molecule has 3 N–H and O–H groups in total. The van der Waals surface area contributed by atoms with Crippen LogP contribution in [0, 0.1) is 17.2 Å². The summed E-state index contributed by atoms with van der Waals surface area (Å²) in [6.07, 6.45) is 4.57. The second-order valence-corrected chi connectivity index (χ2v) is 9.61. The van der Waals surface area contributed by atoms with E-state index in [1.54, 1.807) is 11.9 Å². The van der Waals surface area contributed by atoms with Crippen molar-refractivity contribution in [2.45, 2.75) is 44.9 Å². The molecule has 34 heavy (non-hydrogen) atoms. The number of halogens is 1. The van der Waals surface area contributed by atoms with Gasteiger partial charge in [0.25, 0.3) is 0 Å². The van der Waals surface area contributed by atoms with E-state index in [4.69, 9.17) is 21.7 Å². The fraction of sp³-hybridized carbons (Fsp3) is 0.519. The number of aryl methyl sites for hydroxylation is 1. The van der Waals surface area contributed by atoms with E-state index in [0.717, 1.165) is 60.9 Å². The SMILES string of the molecule is CC.CCc1ccc(N(CC(CO)CCl)Sc2ccc(NCC3CCOCC3)c(C=N)c2)cc1. The Morgan fingerprint density at radius 3 is 2.50 bits per heavy atom. The molecule has 2 aromatic rings. The third kappa shape index (κ3) is 8.81. The van der Waals surface area contributed by atoms with Crippen LogP contribution in [0.1, 0.15) is 44.7 Å². The Morgan fingerprint density at radius 1 is 1.21 bits per heavy atom. The van der Waals surface area contributed by atoms with Crippen LogP contribution >= 0.6 is 23.5 Å². The molecule has 3 rings (SSSR count). The summed E-state index contributed by atoms with van der Waals surface area (Å²) in [6.45, 7) is 9.42. The van der Waals surface area contributed by atoms with Crippen LogP contribution in [0.15, 0.2) is 47.4 Å². The van der Waals surface area contributed by atoms with Crippen molar-refractivity contribution in [1.29, 1.82) is 5.41 Å². The third-order valence-electron chi connectivity index (χ3n) is 5.85. The van der Waals surface area contributed by atoms with Gasteiger partial charge in [-0.2, -0.15) is 0 Å². The second-order valence-electron chi connectivity index (χ2n) is 8.21. The number of aliphatic hydroxyl groups excluding tert-OH is 1. The first-order valence-electron chi connectivity index (χ1n) is 12.3. The molecule has 0 bridgehead atoms. The van der Waals surface area contributed by atoms with Gasteiger partial charge in [-0.15, -0.1) is 11.6 Å². The smallest absolute Gasteiger partial charge is 0.0488 e. The standard InChI is InChI=1S/C25H34ClN3O2S.C2H6/c1-2-19-3-5-23(6-4-19)29(17-21(14-26)18-30)32-24-7-8-25(22(13-24)15-27)28-16-20-9-11-31-12-10-20;1-2/h3-8,13,15,20-21,27-28,30H,2,9-12,14,16-18H2,1H3;1-2H3. The zero-order valence-electron chi connectivity index (χ0n) is 20.7. The number of anilines is 2. The van der Waals surface area contributed by atoms with Gasteiger partial charge >= 0.3 is 0 Å². The van der Waals surface area contributed by atoms with Crippen LogP contribution in [0.25, 0.3) is 0 Å². The van der Waals surface area contributed by atoms with E-state index >= 15 is 0 Å². The molecule has 0 amide bonds. The number of ether oxygens (including phenoxy) is 1. The number of aliphatic hydroxyl groups is 1. The highest BCUT2D eigenvalue weighted by Gasteiger charge is 2.17. The van der Waals surface area contributed by atoms with E-state index in [1.807, 2.05) is 19.9 Å². The molecule has 5 nitrogen and oxygen atoms in total. The maximum absolute atomic E-state index is 9.69. The van der Waals surface area contributed by atoms with E-state index < -0.39 is 0 Å². The predicted octanol–water partition coefficient (Wildman–Crippen LogP) is 6.47. The van der Waals surface area contributed by atoms with Gasteiger partial charge < -0.3 is 24.9 Å². The van der Waals surface area contributed by atoms with E-state index in [2.05, 4.69) is 52.9 Å². The van der Waals surface area contributed by atoms with Crippen molar-refractivity contribution in [3.8, 4) is 0 Å².